The number of nitrogens with zero attached hydrogens (tertiary/aromatic N) is 1. The Morgan fingerprint density at radius 2 is 1.84 bits per heavy atom. The van der Waals surface area contributed by atoms with Gasteiger partial charge in [-0.3, -0.25) is 9.59 Å². The number of para-hydroxylation sites is 1. The fourth-order valence-electron chi connectivity index (χ4n) is 2.41. The number of carbonyl (C=O) groups is 3. The molecule has 32 heavy (non-hydrogen) atoms. The molecule has 2 aromatic carbocycles. The van der Waals surface area contributed by atoms with Gasteiger partial charge in [0, 0.05) is 4.47 Å². The molecular formula is C21H21Br2N3O6. The molecule has 2 rings (SSSR count). The summed E-state index contributed by atoms with van der Waals surface area (Å²) in [4.78, 5) is 35.5. The van der Waals surface area contributed by atoms with E-state index in [1.165, 1.54) is 13.3 Å². The van der Waals surface area contributed by atoms with Crippen molar-refractivity contribution in [3.63, 3.8) is 0 Å². The first-order chi connectivity index (χ1) is 15.3. The Hall–Kier alpha value is -2.92. The van der Waals surface area contributed by atoms with E-state index in [0.717, 1.165) is 0 Å². The van der Waals surface area contributed by atoms with Gasteiger partial charge in [-0.05, 0) is 68.6 Å². The van der Waals surface area contributed by atoms with Crippen molar-refractivity contribution in [2.45, 2.75) is 13.3 Å². The van der Waals surface area contributed by atoms with E-state index in [-0.39, 0.29) is 13.2 Å². The van der Waals surface area contributed by atoms with E-state index < -0.39 is 24.2 Å². The Morgan fingerprint density at radius 3 is 2.53 bits per heavy atom. The lowest BCUT2D eigenvalue weighted by Crippen LogP contribution is -2.24. The number of methoxy groups -OCH3 is 1. The summed E-state index contributed by atoms with van der Waals surface area (Å²) in [5.41, 5.74) is 3.44. The molecule has 0 saturated heterocycles. The molecule has 0 unspecified atom stereocenters. The van der Waals surface area contributed by atoms with Crippen molar-refractivity contribution in [1.29, 1.82) is 0 Å². The zero-order valence-corrected chi connectivity index (χ0v) is 20.5. The van der Waals surface area contributed by atoms with Crippen LogP contribution in [0.4, 0.5) is 5.69 Å². The zero-order valence-electron chi connectivity index (χ0n) is 17.3. The highest BCUT2D eigenvalue weighted by Crippen LogP contribution is 2.36. The topological polar surface area (TPSA) is 115 Å². The standard InChI is InChI=1S/C21H21Br2N3O6/c1-3-31-20(29)12-32-21-15(23)8-13(9-17(21)30-2)11-24-26-19(28)10-18(27)25-16-7-5-4-6-14(16)22/h4-9,11H,3,10,12H2,1-2H3,(H,25,27)(H,26,28). The number of rotatable bonds is 10. The zero-order chi connectivity index (χ0) is 23.5. The summed E-state index contributed by atoms with van der Waals surface area (Å²) in [7, 11) is 1.45. The molecule has 0 spiro atoms. The number of hydrogen-bond acceptors (Lipinski definition) is 7. The lowest BCUT2D eigenvalue weighted by Gasteiger charge is -2.13. The third-order valence-corrected chi connectivity index (χ3v) is 5.04. The van der Waals surface area contributed by atoms with Crippen LogP contribution < -0.4 is 20.2 Å². The molecule has 0 bridgehead atoms. The molecule has 11 heteroatoms. The second-order valence-electron chi connectivity index (χ2n) is 6.13. The average molecular weight is 571 g/mol. The third-order valence-electron chi connectivity index (χ3n) is 3.76. The van der Waals surface area contributed by atoms with Crippen molar-refractivity contribution in [3.05, 3.63) is 50.9 Å². The van der Waals surface area contributed by atoms with Crippen molar-refractivity contribution >= 4 is 61.5 Å². The van der Waals surface area contributed by atoms with Crippen molar-refractivity contribution in [2.75, 3.05) is 25.6 Å². The van der Waals surface area contributed by atoms with Gasteiger partial charge in [-0.25, -0.2) is 10.2 Å². The van der Waals surface area contributed by atoms with E-state index in [1.807, 2.05) is 6.07 Å². The fourth-order valence-corrected chi connectivity index (χ4v) is 3.37. The predicted molar refractivity (Wildman–Crippen MR) is 126 cm³/mol. The molecule has 170 valence electrons. The van der Waals surface area contributed by atoms with E-state index in [1.54, 1.807) is 37.3 Å². The van der Waals surface area contributed by atoms with Gasteiger partial charge in [-0.15, -0.1) is 0 Å². The monoisotopic (exact) mass is 569 g/mol. The Bertz CT molecular complexity index is 1010. The van der Waals surface area contributed by atoms with Gasteiger partial charge in [0.05, 0.1) is 30.1 Å². The van der Waals surface area contributed by atoms with Crippen LogP contribution in [0.2, 0.25) is 0 Å². The lowest BCUT2D eigenvalue weighted by atomic mass is 10.2. The Morgan fingerprint density at radius 1 is 1.09 bits per heavy atom. The largest absolute Gasteiger partial charge is 0.493 e. The Balaban J connectivity index is 1.93. The number of hydrazone groups is 1. The summed E-state index contributed by atoms with van der Waals surface area (Å²) in [6, 6.07) is 10.3. The first kappa shape index (κ1) is 25.3. The molecule has 2 amide bonds. The summed E-state index contributed by atoms with van der Waals surface area (Å²) < 4.78 is 16.8. The van der Waals surface area contributed by atoms with Crippen LogP contribution in [0.25, 0.3) is 0 Å². The van der Waals surface area contributed by atoms with Crippen LogP contribution in [0, 0.1) is 0 Å². The van der Waals surface area contributed by atoms with Gasteiger partial charge in [0.25, 0.3) is 0 Å². The molecule has 0 saturated carbocycles. The van der Waals surface area contributed by atoms with Crippen molar-refractivity contribution in [1.82, 2.24) is 5.43 Å². The van der Waals surface area contributed by atoms with Crippen LogP contribution in [0.5, 0.6) is 11.5 Å². The predicted octanol–water partition coefficient (Wildman–Crippen LogP) is 3.64. The quantitative estimate of drug-likeness (QED) is 0.195. The second kappa shape index (κ2) is 12.8. The van der Waals surface area contributed by atoms with E-state index in [2.05, 4.69) is 47.7 Å². The molecule has 0 fully saturated rings. The molecule has 0 atom stereocenters. The number of hydrogen-bond donors (Lipinski definition) is 2. The van der Waals surface area contributed by atoms with Crippen molar-refractivity contribution in [3.8, 4) is 11.5 Å². The van der Waals surface area contributed by atoms with Gasteiger partial charge in [-0.1, -0.05) is 12.1 Å². The number of carbonyl (C=O) groups excluding carboxylic acids is 3. The molecule has 2 aromatic rings. The van der Waals surface area contributed by atoms with Crippen LogP contribution in [-0.2, 0) is 19.1 Å². The molecule has 0 aliphatic carbocycles. The normalized spacial score (nSPS) is 10.5. The number of benzene rings is 2. The maximum absolute atomic E-state index is 12.0. The number of amides is 2. The average Bonchev–Trinajstić information content (AvgIpc) is 2.74. The van der Waals surface area contributed by atoms with Gasteiger partial charge >= 0.3 is 5.97 Å². The van der Waals surface area contributed by atoms with E-state index >= 15 is 0 Å². The minimum Gasteiger partial charge on any atom is -0.493 e. The minimum absolute atomic E-state index is 0.257. The molecule has 0 aliphatic rings. The second-order valence-corrected chi connectivity index (χ2v) is 7.83. The van der Waals surface area contributed by atoms with Crippen molar-refractivity contribution < 1.29 is 28.6 Å². The summed E-state index contributed by atoms with van der Waals surface area (Å²) in [6.07, 6.45) is 0.984. The van der Waals surface area contributed by atoms with Crippen LogP contribution in [0.3, 0.4) is 0 Å². The highest BCUT2D eigenvalue weighted by atomic mass is 79.9. The maximum atomic E-state index is 12.0. The summed E-state index contributed by atoms with van der Waals surface area (Å²) in [5.74, 6) is -0.878. The van der Waals surface area contributed by atoms with Crippen molar-refractivity contribution in [2.24, 2.45) is 5.10 Å². The van der Waals surface area contributed by atoms with Crippen LogP contribution in [0.15, 0.2) is 50.4 Å². The molecule has 2 N–H and O–H groups in total. The number of esters is 1. The number of halogens is 2. The molecule has 9 nitrogen and oxygen atoms in total. The Labute approximate surface area is 201 Å². The SMILES string of the molecule is CCOC(=O)COc1c(Br)cc(C=NNC(=O)CC(=O)Nc2ccccc2Br)cc1OC. The van der Waals surface area contributed by atoms with Gasteiger partial charge in [-0.2, -0.15) is 5.10 Å². The highest BCUT2D eigenvalue weighted by Gasteiger charge is 2.14. The maximum Gasteiger partial charge on any atom is 0.344 e. The van der Waals surface area contributed by atoms with Crippen LogP contribution in [0.1, 0.15) is 18.9 Å². The molecule has 0 aromatic heterocycles. The first-order valence-electron chi connectivity index (χ1n) is 9.36. The Kier molecular flexibility index (Phi) is 10.2. The summed E-state index contributed by atoms with van der Waals surface area (Å²) in [5, 5.41) is 6.50. The molecule has 0 aliphatic heterocycles. The van der Waals surface area contributed by atoms with Gasteiger partial charge < -0.3 is 19.5 Å². The summed E-state index contributed by atoms with van der Waals surface area (Å²) in [6.45, 7) is 1.69. The lowest BCUT2D eigenvalue weighted by molar-refractivity contribution is -0.145. The number of nitrogens with one attached hydrogen (secondary N) is 2. The number of ether oxygens (including phenoxy) is 3. The van der Waals surface area contributed by atoms with Gasteiger partial charge in [0.2, 0.25) is 11.8 Å². The fraction of sp³-hybridized carbons (Fsp3) is 0.238. The highest BCUT2D eigenvalue weighted by molar-refractivity contribution is 9.11. The smallest absolute Gasteiger partial charge is 0.344 e. The minimum atomic E-state index is -0.578. The van der Waals surface area contributed by atoms with E-state index in [4.69, 9.17) is 14.2 Å². The first-order valence-corrected chi connectivity index (χ1v) is 10.9. The van der Waals surface area contributed by atoms with Crippen LogP contribution >= 0.6 is 31.9 Å². The number of anilines is 1. The van der Waals surface area contributed by atoms with Gasteiger partial charge in [0.1, 0.15) is 6.42 Å². The molecule has 0 heterocycles. The van der Waals surface area contributed by atoms with Gasteiger partial charge in [0.15, 0.2) is 18.1 Å². The van der Waals surface area contributed by atoms with Crippen LogP contribution in [-0.4, -0.2) is 44.3 Å². The summed E-state index contributed by atoms with van der Waals surface area (Å²) >= 11 is 6.68. The van der Waals surface area contributed by atoms with E-state index in [9.17, 15) is 14.4 Å². The third kappa shape index (κ3) is 7.97. The molecule has 0 radical (unpaired) electrons. The van der Waals surface area contributed by atoms with E-state index in [0.29, 0.717) is 31.7 Å². The molecular weight excluding hydrogens is 550 g/mol.